The molecular formula is C15H22N6O3. The predicted octanol–water partition coefficient (Wildman–Crippen LogP) is -0.583. The van der Waals surface area contributed by atoms with Crippen molar-refractivity contribution in [2.45, 2.75) is 43.8 Å². The Bertz CT molecular complexity index is 752. The Hall–Kier alpha value is -1.81. The number of aromatic nitrogens is 4. The van der Waals surface area contributed by atoms with E-state index in [9.17, 15) is 10.2 Å². The second-order valence-corrected chi connectivity index (χ2v) is 6.59. The molecule has 1 aliphatic carbocycles. The highest BCUT2D eigenvalue weighted by Crippen LogP contribution is 2.57. The lowest BCUT2D eigenvalue weighted by atomic mass is 10.1. The number of hydrogen-bond acceptors (Lipinski definition) is 8. The van der Waals surface area contributed by atoms with Gasteiger partial charge in [-0.3, -0.25) is 4.57 Å². The van der Waals surface area contributed by atoms with Crippen LogP contribution in [0.25, 0.3) is 11.2 Å². The topological polar surface area (TPSA) is 131 Å². The predicted molar refractivity (Wildman–Crippen MR) is 85.9 cm³/mol. The summed E-state index contributed by atoms with van der Waals surface area (Å²) in [5, 5.41) is 24.4. The van der Waals surface area contributed by atoms with Gasteiger partial charge in [0, 0.05) is 12.5 Å². The molecule has 5 N–H and O–H groups in total. The summed E-state index contributed by atoms with van der Waals surface area (Å²) in [4.78, 5) is 12.3. The molecule has 2 aliphatic rings. The fraction of sp³-hybridized carbons (Fsp3) is 0.667. The molecule has 0 amide bonds. The van der Waals surface area contributed by atoms with E-state index >= 15 is 0 Å². The van der Waals surface area contributed by atoms with Crippen LogP contribution in [-0.4, -0.2) is 60.6 Å². The number of nitrogens with one attached hydrogen (secondary N) is 1. The Kier molecular flexibility index (Phi) is 3.68. The SMILES string of the molecule is CCCNC[C@H]1C[C@]12OC(n1cnc3c(N)ncnc31)C(O)C2O. The summed E-state index contributed by atoms with van der Waals surface area (Å²) in [5.74, 6) is 0.461. The second-order valence-electron chi connectivity index (χ2n) is 6.59. The van der Waals surface area contributed by atoms with Crippen LogP contribution in [0.3, 0.4) is 0 Å². The van der Waals surface area contributed by atoms with E-state index in [1.807, 2.05) is 0 Å². The lowest BCUT2D eigenvalue weighted by Gasteiger charge is -2.16. The van der Waals surface area contributed by atoms with Crippen LogP contribution < -0.4 is 11.1 Å². The minimum absolute atomic E-state index is 0.188. The first-order valence-corrected chi connectivity index (χ1v) is 8.26. The van der Waals surface area contributed by atoms with Crippen molar-refractivity contribution < 1.29 is 14.9 Å². The summed E-state index contributed by atoms with van der Waals surface area (Å²) in [5.41, 5.74) is 6.05. The number of rotatable bonds is 5. The number of aliphatic hydroxyl groups excluding tert-OH is 2. The third-order valence-electron chi connectivity index (χ3n) is 5.03. The molecule has 24 heavy (non-hydrogen) atoms. The monoisotopic (exact) mass is 334 g/mol. The Morgan fingerprint density at radius 1 is 1.42 bits per heavy atom. The van der Waals surface area contributed by atoms with Gasteiger partial charge in [0.15, 0.2) is 17.7 Å². The number of nitrogens with two attached hydrogens (primary N) is 1. The maximum Gasteiger partial charge on any atom is 0.167 e. The number of aliphatic hydroxyl groups is 2. The lowest BCUT2D eigenvalue weighted by molar-refractivity contribution is -0.0530. The van der Waals surface area contributed by atoms with Crippen LogP contribution in [0.1, 0.15) is 26.0 Å². The second kappa shape index (κ2) is 5.62. The van der Waals surface area contributed by atoms with Crippen molar-refractivity contribution in [3.05, 3.63) is 12.7 Å². The number of nitrogens with zero attached hydrogens (tertiary/aromatic N) is 4. The highest BCUT2D eigenvalue weighted by molar-refractivity contribution is 5.81. The van der Waals surface area contributed by atoms with Gasteiger partial charge < -0.3 is 26.0 Å². The molecule has 1 saturated heterocycles. The summed E-state index contributed by atoms with van der Waals surface area (Å²) in [6.07, 6.45) is 1.91. The van der Waals surface area contributed by atoms with E-state index in [1.54, 1.807) is 4.57 Å². The molecule has 1 saturated carbocycles. The van der Waals surface area contributed by atoms with Gasteiger partial charge in [0.2, 0.25) is 0 Å². The Labute approximate surface area is 138 Å². The number of ether oxygens (including phenoxy) is 1. The van der Waals surface area contributed by atoms with E-state index in [1.165, 1.54) is 12.7 Å². The smallest absolute Gasteiger partial charge is 0.167 e. The van der Waals surface area contributed by atoms with E-state index in [0.29, 0.717) is 11.2 Å². The van der Waals surface area contributed by atoms with Gasteiger partial charge in [-0.2, -0.15) is 0 Å². The summed E-state index contributed by atoms with van der Waals surface area (Å²) >= 11 is 0. The molecule has 130 valence electrons. The zero-order valence-corrected chi connectivity index (χ0v) is 13.5. The van der Waals surface area contributed by atoms with Crippen LogP contribution in [0.4, 0.5) is 5.82 Å². The fourth-order valence-corrected chi connectivity index (χ4v) is 3.62. The maximum atomic E-state index is 10.5. The summed E-state index contributed by atoms with van der Waals surface area (Å²) in [7, 11) is 0. The van der Waals surface area contributed by atoms with Crippen LogP contribution in [0.15, 0.2) is 12.7 Å². The Morgan fingerprint density at radius 2 is 2.25 bits per heavy atom. The fourth-order valence-electron chi connectivity index (χ4n) is 3.62. The van der Waals surface area contributed by atoms with E-state index in [4.69, 9.17) is 10.5 Å². The number of imidazole rings is 1. The molecule has 9 heteroatoms. The molecule has 9 nitrogen and oxygen atoms in total. The molecule has 2 aromatic rings. The van der Waals surface area contributed by atoms with Crippen molar-refractivity contribution in [2.24, 2.45) is 5.92 Å². The maximum absolute atomic E-state index is 10.5. The third-order valence-corrected chi connectivity index (χ3v) is 5.03. The van der Waals surface area contributed by atoms with Crippen molar-refractivity contribution in [1.29, 1.82) is 0 Å². The summed E-state index contributed by atoms with van der Waals surface area (Å²) in [6.45, 7) is 3.80. The van der Waals surface area contributed by atoms with Crippen molar-refractivity contribution in [3.8, 4) is 0 Å². The zero-order chi connectivity index (χ0) is 16.9. The highest BCUT2D eigenvalue weighted by atomic mass is 16.6. The molecule has 0 bridgehead atoms. The van der Waals surface area contributed by atoms with Crippen molar-refractivity contribution in [1.82, 2.24) is 24.8 Å². The van der Waals surface area contributed by atoms with E-state index in [-0.39, 0.29) is 11.7 Å². The molecule has 0 aromatic carbocycles. The zero-order valence-electron chi connectivity index (χ0n) is 13.5. The van der Waals surface area contributed by atoms with Gasteiger partial charge in [-0.25, -0.2) is 15.0 Å². The molecular weight excluding hydrogens is 312 g/mol. The molecule has 4 rings (SSSR count). The van der Waals surface area contributed by atoms with Gasteiger partial charge in [-0.15, -0.1) is 0 Å². The van der Waals surface area contributed by atoms with Crippen LogP contribution in [0.5, 0.6) is 0 Å². The van der Waals surface area contributed by atoms with Gasteiger partial charge in [-0.05, 0) is 19.4 Å². The minimum Gasteiger partial charge on any atom is -0.387 e. The van der Waals surface area contributed by atoms with E-state index in [0.717, 1.165) is 25.9 Å². The minimum atomic E-state index is -1.05. The number of fused-ring (bicyclic) bond motifs is 1. The van der Waals surface area contributed by atoms with Gasteiger partial charge >= 0.3 is 0 Å². The van der Waals surface area contributed by atoms with Crippen LogP contribution in [0.2, 0.25) is 0 Å². The van der Waals surface area contributed by atoms with Crippen LogP contribution in [-0.2, 0) is 4.74 Å². The summed E-state index contributed by atoms with van der Waals surface area (Å²) < 4.78 is 7.72. The molecule has 5 atom stereocenters. The lowest BCUT2D eigenvalue weighted by Crippen LogP contribution is -2.35. The van der Waals surface area contributed by atoms with Gasteiger partial charge in [-0.1, -0.05) is 6.92 Å². The molecule has 2 fully saturated rings. The number of hydrogen-bond donors (Lipinski definition) is 4. The third kappa shape index (κ3) is 2.20. The average molecular weight is 334 g/mol. The molecule has 1 aliphatic heterocycles. The Balaban J connectivity index is 1.58. The first kappa shape index (κ1) is 15.7. The van der Waals surface area contributed by atoms with E-state index < -0.39 is 24.0 Å². The van der Waals surface area contributed by atoms with Gasteiger partial charge in [0.25, 0.3) is 0 Å². The van der Waals surface area contributed by atoms with Crippen LogP contribution in [0, 0.1) is 5.92 Å². The van der Waals surface area contributed by atoms with Gasteiger partial charge in [0.1, 0.15) is 29.7 Å². The van der Waals surface area contributed by atoms with Crippen molar-refractivity contribution >= 4 is 17.0 Å². The van der Waals surface area contributed by atoms with Crippen molar-refractivity contribution in [3.63, 3.8) is 0 Å². The number of anilines is 1. The van der Waals surface area contributed by atoms with Gasteiger partial charge in [0.05, 0.1) is 6.33 Å². The first-order valence-electron chi connectivity index (χ1n) is 8.26. The quantitative estimate of drug-likeness (QED) is 0.534. The largest absolute Gasteiger partial charge is 0.387 e. The van der Waals surface area contributed by atoms with Crippen LogP contribution >= 0.6 is 0 Å². The van der Waals surface area contributed by atoms with Crippen molar-refractivity contribution in [2.75, 3.05) is 18.8 Å². The molecule has 0 radical (unpaired) electrons. The average Bonchev–Trinajstić information content (AvgIpc) is 2.99. The highest BCUT2D eigenvalue weighted by Gasteiger charge is 2.68. The Morgan fingerprint density at radius 3 is 3.04 bits per heavy atom. The molecule has 3 heterocycles. The molecule has 3 unspecified atom stereocenters. The summed E-state index contributed by atoms with van der Waals surface area (Å²) in [6, 6.07) is 0. The van der Waals surface area contributed by atoms with E-state index in [2.05, 4.69) is 27.2 Å². The normalized spacial score (nSPS) is 35.1. The number of nitrogen functional groups attached to an aromatic ring is 1. The molecule has 1 spiro atoms. The first-order chi connectivity index (χ1) is 11.6. The molecule has 2 aromatic heterocycles. The standard InChI is InChI=1S/C15H22N6O3/c1-2-3-17-5-8-4-15(8)11(23)10(22)14(24-15)21-7-20-9-12(16)18-6-19-13(9)21/h6-8,10-11,14,17,22-23H,2-5H2,1H3,(H2,16,18,19)/t8-,10?,11?,14?,15+/m1/s1.